The average molecular weight is 275 g/mol. The topological polar surface area (TPSA) is 38.3 Å². The van der Waals surface area contributed by atoms with E-state index in [1.54, 1.807) is 0 Å². The van der Waals surface area contributed by atoms with Crippen molar-refractivity contribution in [2.24, 2.45) is 5.92 Å². The van der Waals surface area contributed by atoms with Crippen molar-refractivity contribution in [1.29, 1.82) is 0 Å². The van der Waals surface area contributed by atoms with Crippen LogP contribution in [0.15, 0.2) is 12.1 Å². The minimum absolute atomic E-state index is 0.178. The summed E-state index contributed by atoms with van der Waals surface area (Å²) in [5, 5.41) is 3.31. The van der Waals surface area contributed by atoms with Crippen LogP contribution in [-0.2, 0) is 0 Å². The fraction of sp³-hybridized carbons (Fsp3) is 0.588. The number of piperidine rings is 1. The van der Waals surface area contributed by atoms with Crippen LogP contribution in [0.1, 0.15) is 47.7 Å². The molecule has 0 spiro atoms. The van der Waals surface area contributed by atoms with Crippen LogP contribution in [0.4, 0.5) is 0 Å². The number of hydrogen-bond donors (Lipinski definition) is 1. The summed E-state index contributed by atoms with van der Waals surface area (Å²) in [5.41, 5.74) is 2.96. The lowest BCUT2D eigenvalue weighted by molar-refractivity contribution is 0.0894. The number of carbonyl (C=O) groups is 1. The minimum Gasteiger partial charge on any atom is -0.493 e. The molecular weight excluding hydrogens is 250 g/mol. The van der Waals surface area contributed by atoms with Gasteiger partial charge in [-0.25, -0.2) is 0 Å². The highest BCUT2D eigenvalue weighted by atomic mass is 16.5. The zero-order chi connectivity index (χ0) is 14.5. The molecule has 0 atom stereocenters. The minimum atomic E-state index is 0.178. The number of Topliss-reactive ketones (excluding diaryl/α,β-unsaturated/α-hetero) is 1. The van der Waals surface area contributed by atoms with Crippen LogP contribution >= 0.6 is 0 Å². The molecule has 0 aromatic heterocycles. The van der Waals surface area contributed by atoms with Gasteiger partial charge in [0.05, 0.1) is 6.61 Å². The van der Waals surface area contributed by atoms with E-state index in [2.05, 4.69) is 12.2 Å². The third kappa shape index (κ3) is 3.40. The van der Waals surface area contributed by atoms with Crippen LogP contribution in [0.25, 0.3) is 0 Å². The molecule has 1 aliphatic heterocycles. The van der Waals surface area contributed by atoms with Crippen molar-refractivity contribution < 1.29 is 9.53 Å². The molecule has 1 aromatic carbocycles. The molecule has 1 aliphatic rings. The molecule has 1 fully saturated rings. The number of nitrogens with one attached hydrogen (secondary N) is 1. The second-order valence-electron chi connectivity index (χ2n) is 5.67. The lowest BCUT2D eigenvalue weighted by Crippen LogP contribution is -2.32. The third-order valence-electron chi connectivity index (χ3n) is 3.96. The molecule has 0 unspecified atom stereocenters. The first-order valence-corrected chi connectivity index (χ1v) is 7.62. The Morgan fingerprint density at radius 3 is 2.60 bits per heavy atom. The van der Waals surface area contributed by atoms with Crippen LogP contribution in [0, 0.1) is 19.8 Å². The normalized spacial score (nSPS) is 16.1. The summed E-state index contributed by atoms with van der Waals surface area (Å²) in [6.45, 7) is 8.74. The van der Waals surface area contributed by atoms with Crippen molar-refractivity contribution in [3.63, 3.8) is 0 Å². The Morgan fingerprint density at radius 1 is 1.25 bits per heavy atom. The van der Waals surface area contributed by atoms with Crippen LogP contribution in [0.3, 0.4) is 0 Å². The monoisotopic (exact) mass is 275 g/mol. The van der Waals surface area contributed by atoms with Crippen molar-refractivity contribution in [1.82, 2.24) is 5.32 Å². The molecule has 0 bridgehead atoms. The van der Waals surface area contributed by atoms with E-state index in [0.717, 1.165) is 61.4 Å². The molecule has 3 heteroatoms. The Kier molecular flexibility index (Phi) is 5.18. The molecule has 0 saturated carbocycles. The maximum absolute atomic E-state index is 12.6. The highest BCUT2D eigenvalue weighted by molar-refractivity contribution is 5.99. The van der Waals surface area contributed by atoms with Crippen molar-refractivity contribution in [2.75, 3.05) is 19.7 Å². The molecule has 2 rings (SSSR count). The van der Waals surface area contributed by atoms with E-state index in [1.807, 2.05) is 26.0 Å². The third-order valence-corrected chi connectivity index (χ3v) is 3.96. The predicted molar refractivity (Wildman–Crippen MR) is 81.6 cm³/mol. The van der Waals surface area contributed by atoms with Crippen LogP contribution in [0.2, 0.25) is 0 Å². The predicted octanol–water partition coefficient (Wildman–Crippen LogP) is 3.27. The number of hydrogen-bond acceptors (Lipinski definition) is 3. The first-order chi connectivity index (χ1) is 9.63. The number of aryl methyl sites for hydroxylation is 2. The second-order valence-corrected chi connectivity index (χ2v) is 5.67. The number of carbonyl (C=O) groups excluding carboxylic acids is 1. The quantitative estimate of drug-likeness (QED) is 0.838. The number of benzene rings is 1. The van der Waals surface area contributed by atoms with Crippen LogP contribution < -0.4 is 10.1 Å². The molecule has 3 nitrogen and oxygen atoms in total. The van der Waals surface area contributed by atoms with Gasteiger partial charge in [-0.1, -0.05) is 6.92 Å². The van der Waals surface area contributed by atoms with Gasteiger partial charge in [-0.3, -0.25) is 4.79 Å². The van der Waals surface area contributed by atoms with E-state index in [0.29, 0.717) is 5.78 Å². The van der Waals surface area contributed by atoms with Crippen LogP contribution in [0.5, 0.6) is 5.75 Å². The SMILES string of the molecule is CCCOc1cc(C)c(C(=O)C2CCNCC2)cc1C. The summed E-state index contributed by atoms with van der Waals surface area (Å²) in [5.74, 6) is 1.39. The summed E-state index contributed by atoms with van der Waals surface area (Å²) in [6.07, 6.45) is 2.89. The number of ether oxygens (including phenoxy) is 1. The standard InChI is InChI=1S/C17H25NO2/c1-4-9-20-16-11-12(2)15(10-13(16)3)17(19)14-5-7-18-8-6-14/h10-11,14,18H,4-9H2,1-3H3. The molecule has 20 heavy (non-hydrogen) atoms. The lowest BCUT2D eigenvalue weighted by atomic mass is 9.87. The molecule has 1 N–H and O–H groups in total. The Bertz CT molecular complexity index is 476. The molecular formula is C17H25NO2. The molecule has 110 valence electrons. The van der Waals surface area contributed by atoms with Gasteiger partial charge < -0.3 is 10.1 Å². The van der Waals surface area contributed by atoms with E-state index in [1.165, 1.54) is 0 Å². The van der Waals surface area contributed by atoms with Gasteiger partial charge in [-0.2, -0.15) is 0 Å². The Labute approximate surface area is 121 Å². The summed E-state index contributed by atoms with van der Waals surface area (Å²) >= 11 is 0. The number of ketones is 1. The van der Waals surface area contributed by atoms with Crippen molar-refractivity contribution >= 4 is 5.78 Å². The smallest absolute Gasteiger partial charge is 0.166 e. The number of rotatable bonds is 5. The van der Waals surface area contributed by atoms with Gasteiger partial charge in [0.1, 0.15) is 5.75 Å². The molecule has 1 saturated heterocycles. The molecule has 0 aliphatic carbocycles. The van der Waals surface area contributed by atoms with E-state index in [4.69, 9.17) is 4.74 Å². The molecule has 0 amide bonds. The van der Waals surface area contributed by atoms with E-state index >= 15 is 0 Å². The summed E-state index contributed by atoms with van der Waals surface area (Å²) < 4.78 is 5.73. The Hall–Kier alpha value is -1.35. The maximum Gasteiger partial charge on any atom is 0.166 e. The van der Waals surface area contributed by atoms with Gasteiger partial charge in [0.2, 0.25) is 0 Å². The lowest BCUT2D eigenvalue weighted by Gasteiger charge is -2.22. The first kappa shape index (κ1) is 15.0. The van der Waals surface area contributed by atoms with Gasteiger partial charge in [-0.05, 0) is 69.5 Å². The highest BCUT2D eigenvalue weighted by Gasteiger charge is 2.24. The van der Waals surface area contributed by atoms with Gasteiger partial charge in [0, 0.05) is 11.5 Å². The second kappa shape index (κ2) is 6.89. The summed E-state index contributed by atoms with van der Waals surface area (Å²) in [7, 11) is 0. The van der Waals surface area contributed by atoms with Crippen molar-refractivity contribution in [3.05, 3.63) is 28.8 Å². The Balaban J connectivity index is 2.19. The molecule has 0 radical (unpaired) electrons. The van der Waals surface area contributed by atoms with Gasteiger partial charge in [0.25, 0.3) is 0 Å². The summed E-state index contributed by atoms with van der Waals surface area (Å²) in [4.78, 5) is 12.6. The molecule has 1 heterocycles. The largest absolute Gasteiger partial charge is 0.493 e. The van der Waals surface area contributed by atoms with E-state index in [9.17, 15) is 4.79 Å². The fourth-order valence-electron chi connectivity index (χ4n) is 2.73. The van der Waals surface area contributed by atoms with E-state index < -0.39 is 0 Å². The van der Waals surface area contributed by atoms with Gasteiger partial charge >= 0.3 is 0 Å². The van der Waals surface area contributed by atoms with Gasteiger partial charge in [-0.15, -0.1) is 0 Å². The average Bonchev–Trinajstić information content (AvgIpc) is 2.48. The van der Waals surface area contributed by atoms with Crippen molar-refractivity contribution in [2.45, 2.75) is 40.0 Å². The first-order valence-electron chi connectivity index (χ1n) is 7.62. The zero-order valence-electron chi connectivity index (χ0n) is 12.8. The summed E-state index contributed by atoms with van der Waals surface area (Å²) in [6, 6.07) is 4.02. The van der Waals surface area contributed by atoms with Crippen molar-refractivity contribution in [3.8, 4) is 5.75 Å². The van der Waals surface area contributed by atoms with Gasteiger partial charge in [0.15, 0.2) is 5.78 Å². The van der Waals surface area contributed by atoms with Crippen LogP contribution in [-0.4, -0.2) is 25.5 Å². The van der Waals surface area contributed by atoms with E-state index in [-0.39, 0.29) is 5.92 Å². The fourth-order valence-corrected chi connectivity index (χ4v) is 2.73. The Morgan fingerprint density at radius 2 is 1.95 bits per heavy atom. The molecule has 1 aromatic rings. The highest BCUT2D eigenvalue weighted by Crippen LogP contribution is 2.27. The zero-order valence-corrected chi connectivity index (χ0v) is 12.8. The maximum atomic E-state index is 12.6.